The highest BCUT2D eigenvalue weighted by molar-refractivity contribution is 7.10. The number of aryl methyl sites for hydroxylation is 1. The van der Waals surface area contributed by atoms with Crippen molar-refractivity contribution in [2.45, 2.75) is 19.4 Å². The molecule has 1 aromatic heterocycles. The van der Waals surface area contributed by atoms with Gasteiger partial charge in [-0.1, -0.05) is 41.9 Å². The lowest BCUT2D eigenvalue weighted by molar-refractivity contribution is -0.136. The van der Waals surface area contributed by atoms with Crippen molar-refractivity contribution in [3.63, 3.8) is 0 Å². The Bertz CT molecular complexity index is 1070. The van der Waals surface area contributed by atoms with E-state index in [2.05, 4.69) is 33.7 Å². The van der Waals surface area contributed by atoms with E-state index in [1.165, 1.54) is 11.3 Å². The van der Waals surface area contributed by atoms with Crippen LogP contribution in [-0.4, -0.2) is 24.9 Å². The Hall–Kier alpha value is -2.83. The van der Waals surface area contributed by atoms with Gasteiger partial charge in [0.15, 0.2) is 0 Å². The lowest BCUT2D eigenvalue weighted by atomic mass is 10.1. The van der Waals surface area contributed by atoms with E-state index in [0.29, 0.717) is 17.3 Å². The van der Waals surface area contributed by atoms with E-state index in [4.69, 9.17) is 11.6 Å². The van der Waals surface area contributed by atoms with Crippen LogP contribution in [0.3, 0.4) is 0 Å². The molecule has 0 fully saturated rings. The molecule has 0 aliphatic carbocycles. The maximum atomic E-state index is 12.5. The van der Waals surface area contributed by atoms with E-state index in [1.54, 1.807) is 29.5 Å². The first-order valence-corrected chi connectivity index (χ1v) is 11.0. The highest BCUT2D eigenvalue weighted by Gasteiger charge is 2.28. The van der Waals surface area contributed by atoms with Gasteiger partial charge in [-0.15, -0.1) is 11.3 Å². The first-order chi connectivity index (χ1) is 14.5. The minimum Gasteiger partial charge on any atom is -0.361 e. The van der Waals surface area contributed by atoms with E-state index in [1.807, 2.05) is 30.5 Å². The summed E-state index contributed by atoms with van der Waals surface area (Å²) in [4.78, 5) is 28.3. The van der Waals surface area contributed by atoms with Gasteiger partial charge >= 0.3 is 11.8 Å². The molecule has 0 unspecified atom stereocenters. The zero-order chi connectivity index (χ0) is 21.1. The van der Waals surface area contributed by atoms with Crippen LogP contribution < -0.4 is 15.5 Å². The highest BCUT2D eigenvalue weighted by atomic mass is 35.5. The Morgan fingerprint density at radius 1 is 1.13 bits per heavy atom. The summed E-state index contributed by atoms with van der Waals surface area (Å²) in [6.07, 6.45) is 0.973. The SMILES string of the molecule is Cc1ccc(NC(=O)C(=O)NC[C@H](c2cccs2)N2CCc3ccccc32)cc1Cl. The molecule has 1 aliphatic heterocycles. The summed E-state index contributed by atoms with van der Waals surface area (Å²) in [5.41, 5.74) is 3.89. The quantitative estimate of drug-likeness (QED) is 0.572. The highest BCUT2D eigenvalue weighted by Crippen LogP contribution is 2.36. The number of hydrogen-bond acceptors (Lipinski definition) is 4. The van der Waals surface area contributed by atoms with Crippen LogP contribution in [0.25, 0.3) is 0 Å². The molecule has 0 saturated carbocycles. The molecule has 0 radical (unpaired) electrons. The van der Waals surface area contributed by atoms with Gasteiger partial charge in [0, 0.05) is 34.4 Å². The Labute approximate surface area is 184 Å². The van der Waals surface area contributed by atoms with Gasteiger partial charge in [-0.3, -0.25) is 9.59 Å². The van der Waals surface area contributed by atoms with Gasteiger partial charge in [0.2, 0.25) is 0 Å². The molecule has 3 aromatic rings. The van der Waals surface area contributed by atoms with E-state index in [9.17, 15) is 9.59 Å². The van der Waals surface area contributed by atoms with Crippen LogP contribution >= 0.6 is 22.9 Å². The van der Waals surface area contributed by atoms with Gasteiger partial charge in [-0.2, -0.15) is 0 Å². The normalized spacial score (nSPS) is 13.6. The monoisotopic (exact) mass is 439 g/mol. The average molecular weight is 440 g/mol. The number of hydrogen-bond donors (Lipinski definition) is 2. The Morgan fingerprint density at radius 3 is 2.73 bits per heavy atom. The molecule has 30 heavy (non-hydrogen) atoms. The summed E-state index contributed by atoms with van der Waals surface area (Å²) >= 11 is 7.74. The molecule has 0 spiro atoms. The summed E-state index contributed by atoms with van der Waals surface area (Å²) in [6.45, 7) is 3.10. The fraction of sp³-hybridized carbons (Fsp3) is 0.217. The smallest absolute Gasteiger partial charge is 0.313 e. The maximum absolute atomic E-state index is 12.5. The number of halogens is 1. The summed E-state index contributed by atoms with van der Waals surface area (Å²) in [5, 5.41) is 7.98. The van der Waals surface area contributed by atoms with Gasteiger partial charge in [0.1, 0.15) is 0 Å². The van der Waals surface area contributed by atoms with Crippen LogP contribution in [0.15, 0.2) is 60.0 Å². The molecular weight excluding hydrogens is 418 g/mol. The molecule has 2 aromatic carbocycles. The lowest BCUT2D eigenvalue weighted by Crippen LogP contribution is -2.41. The lowest BCUT2D eigenvalue weighted by Gasteiger charge is -2.30. The number of thiophene rings is 1. The molecule has 5 nitrogen and oxygen atoms in total. The number of rotatable bonds is 5. The van der Waals surface area contributed by atoms with Crippen molar-refractivity contribution in [2.75, 3.05) is 23.3 Å². The number of carbonyl (C=O) groups excluding carboxylic acids is 2. The van der Waals surface area contributed by atoms with Crippen LogP contribution in [0.2, 0.25) is 5.02 Å². The Morgan fingerprint density at radius 2 is 1.97 bits per heavy atom. The van der Waals surface area contributed by atoms with Crippen molar-refractivity contribution in [1.29, 1.82) is 0 Å². The van der Waals surface area contributed by atoms with E-state index >= 15 is 0 Å². The molecule has 0 saturated heterocycles. The first-order valence-electron chi connectivity index (χ1n) is 9.76. The predicted molar refractivity (Wildman–Crippen MR) is 122 cm³/mol. The molecule has 154 valence electrons. The summed E-state index contributed by atoms with van der Waals surface area (Å²) in [6, 6.07) is 17.5. The molecule has 4 rings (SSSR count). The minimum atomic E-state index is -0.707. The molecular formula is C23H22ClN3O2S. The number of fused-ring (bicyclic) bond motifs is 1. The van der Waals surface area contributed by atoms with Crippen molar-refractivity contribution in [1.82, 2.24) is 5.32 Å². The van der Waals surface area contributed by atoms with Crippen LogP contribution in [0, 0.1) is 6.92 Å². The molecule has 1 aliphatic rings. The summed E-state index contributed by atoms with van der Waals surface area (Å²) < 4.78 is 0. The van der Waals surface area contributed by atoms with Crippen molar-refractivity contribution in [3.8, 4) is 0 Å². The fourth-order valence-electron chi connectivity index (χ4n) is 3.66. The number of carbonyl (C=O) groups is 2. The topological polar surface area (TPSA) is 61.4 Å². The Balaban J connectivity index is 1.44. The third-order valence-corrected chi connectivity index (χ3v) is 6.64. The molecule has 0 bridgehead atoms. The zero-order valence-electron chi connectivity index (χ0n) is 16.5. The van der Waals surface area contributed by atoms with Crippen molar-refractivity contribution in [3.05, 3.63) is 81.0 Å². The number of benzene rings is 2. The van der Waals surface area contributed by atoms with Crippen molar-refractivity contribution >= 4 is 46.1 Å². The number of anilines is 2. The van der Waals surface area contributed by atoms with Gasteiger partial charge < -0.3 is 15.5 Å². The largest absolute Gasteiger partial charge is 0.361 e. The summed E-state index contributed by atoms with van der Waals surface area (Å²) in [7, 11) is 0. The van der Waals surface area contributed by atoms with Gasteiger partial charge in [-0.05, 0) is 54.1 Å². The first kappa shape index (κ1) is 20.4. The second-order valence-electron chi connectivity index (χ2n) is 7.23. The molecule has 2 N–H and O–H groups in total. The number of para-hydroxylation sites is 1. The zero-order valence-corrected chi connectivity index (χ0v) is 18.1. The van der Waals surface area contributed by atoms with Crippen LogP contribution in [0.4, 0.5) is 11.4 Å². The second kappa shape index (κ2) is 8.90. The van der Waals surface area contributed by atoms with Crippen molar-refractivity contribution in [2.24, 2.45) is 0 Å². The van der Waals surface area contributed by atoms with E-state index in [0.717, 1.165) is 23.4 Å². The Kier molecular flexibility index (Phi) is 6.06. The van der Waals surface area contributed by atoms with Gasteiger partial charge in [0.25, 0.3) is 0 Å². The number of nitrogens with zero attached hydrogens (tertiary/aromatic N) is 1. The molecule has 2 amide bonds. The van der Waals surface area contributed by atoms with Crippen molar-refractivity contribution < 1.29 is 9.59 Å². The number of nitrogens with one attached hydrogen (secondary N) is 2. The van der Waals surface area contributed by atoms with Crippen LogP contribution in [0.1, 0.15) is 22.0 Å². The second-order valence-corrected chi connectivity index (χ2v) is 8.62. The standard InChI is InChI=1S/C23H22ClN3O2S/c1-15-8-9-17(13-18(15)24)26-23(29)22(28)25-14-20(21-7-4-12-30-21)27-11-10-16-5-2-3-6-19(16)27/h2-9,12-13,20H,10-11,14H2,1H3,(H,25,28)(H,26,29)/t20-/m1/s1. The van der Waals surface area contributed by atoms with Crippen LogP contribution in [-0.2, 0) is 16.0 Å². The van der Waals surface area contributed by atoms with Gasteiger partial charge in [-0.25, -0.2) is 0 Å². The van der Waals surface area contributed by atoms with E-state index in [-0.39, 0.29) is 6.04 Å². The third kappa shape index (κ3) is 4.35. The van der Waals surface area contributed by atoms with Crippen LogP contribution in [0.5, 0.6) is 0 Å². The predicted octanol–water partition coefficient (Wildman–Crippen LogP) is 4.57. The molecule has 7 heteroatoms. The van der Waals surface area contributed by atoms with E-state index < -0.39 is 11.8 Å². The summed E-state index contributed by atoms with van der Waals surface area (Å²) in [5.74, 6) is -1.37. The third-order valence-electron chi connectivity index (χ3n) is 5.26. The van der Waals surface area contributed by atoms with Gasteiger partial charge in [0.05, 0.1) is 6.04 Å². The maximum Gasteiger partial charge on any atom is 0.313 e. The fourth-order valence-corrected chi connectivity index (χ4v) is 4.68. The minimum absolute atomic E-state index is 0.0285. The molecule has 1 atom stereocenters. The number of amides is 2. The average Bonchev–Trinajstić information content (AvgIpc) is 3.42. The molecule has 2 heterocycles.